The fraction of sp³-hybridized carbons (Fsp3) is 0.789. The number of ether oxygens (including phenoxy) is 1. The predicted octanol–water partition coefficient (Wildman–Crippen LogP) is 2.86. The number of nitrogens with one attached hydrogen (secondary N) is 1. The van der Waals surface area contributed by atoms with Crippen molar-refractivity contribution in [3.8, 4) is 0 Å². The highest BCUT2D eigenvalue weighted by Gasteiger charge is 2.35. The van der Waals surface area contributed by atoms with E-state index in [9.17, 15) is 4.79 Å². The third kappa shape index (κ3) is 3.54. The molecule has 3 atom stereocenters. The monoisotopic (exact) mass is 346 g/mol. The molecule has 6 heteroatoms. The van der Waals surface area contributed by atoms with Crippen molar-refractivity contribution < 1.29 is 9.53 Å². The first-order valence-electron chi connectivity index (χ1n) is 9.87. The third-order valence-electron chi connectivity index (χ3n) is 6.36. The van der Waals surface area contributed by atoms with Crippen LogP contribution in [0, 0.1) is 11.8 Å². The van der Waals surface area contributed by atoms with Crippen molar-refractivity contribution in [2.45, 2.75) is 57.1 Å². The van der Waals surface area contributed by atoms with Gasteiger partial charge in [-0.15, -0.1) is 0 Å². The number of nitrogens with zero attached hydrogens (tertiary/aromatic N) is 3. The van der Waals surface area contributed by atoms with E-state index in [1.54, 1.807) is 6.20 Å². The summed E-state index contributed by atoms with van der Waals surface area (Å²) in [5.74, 6) is 1.54. The van der Waals surface area contributed by atoms with Gasteiger partial charge in [-0.2, -0.15) is 5.10 Å². The van der Waals surface area contributed by atoms with E-state index >= 15 is 0 Å². The van der Waals surface area contributed by atoms with Crippen LogP contribution in [0.2, 0.25) is 0 Å². The van der Waals surface area contributed by atoms with Gasteiger partial charge in [0.1, 0.15) is 6.10 Å². The minimum absolute atomic E-state index is 0.0368. The topological polar surface area (TPSA) is 59.4 Å². The average Bonchev–Trinajstić information content (AvgIpc) is 3.36. The molecule has 1 unspecified atom stereocenters. The molecule has 1 aromatic heterocycles. The normalized spacial score (nSPS) is 30.8. The summed E-state index contributed by atoms with van der Waals surface area (Å²) in [7, 11) is 1.92. The van der Waals surface area contributed by atoms with Crippen LogP contribution < -0.4 is 5.32 Å². The summed E-state index contributed by atoms with van der Waals surface area (Å²) in [6.07, 6.45) is 10.5. The van der Waals surface area contributed by atoms with E-state index in [4.69, 9.17) is 4.74 Å². The van der Waals surface area contributed by atoms with Gasteiger partial charge in [0.15, 0.2) is 0 Å². The quantitative estimate of drug-likeness (QED) is 0.915. The Balaban J connectivity index is 1.37. The molecule has 1 N–H and O–H groups in total. The molecule has 0 aromatic carbocycles. The standard InChI is InChI=1S/C19H30N4O2/c1-22-17(8-10-20-22)18-16(9-12-25-18)21-19(24)23-11-4-7-15(13-23)14-5-2-3-6-14/h8,10,14-16,18H,2-7,9,11-13H2,1H3,(H,21,24)/t15?,16-,18-/m0/s1. The Labute approximate surface area is 149 Å². The Morgan fingerprint density at radius 3 is 2.76 bits per heavy atom. The van der Waals surface area contributed by atoms with E-state index in [0.717, 1.165) is 37.5 Å². The summed E-state index contributed by atoms with van der Waals surface area (Å²) in [4.78, 5) is 14.9. The Bertz CT molecular complexity index is 596. The fourth-order valence-corrected chi connectivity index (χ4v) is 4.95. The number of aromatic nitrogens is 2. The van der Waals surface area contributed by atoms with E-state index in [2.05, 4.69) is 10.4 Å². The minimum atomic E-state index is -0.0909. The zero-order chi connectivity index (χ0) is 17.2. The predicted molar refractivity (Wildman–Crippen MR) is 95.1 cm³/mol. The van der Waals surface area contributed by atoms with E-state index < -0.39 is 0 Å². The number of hydrogen-bond donors (Lipinski definition) is 1. The zero-order valence-corrected chi connectivity index (χ0v) is 15.2. The van der Waals surface area contributed by atoms with E-state index in [1.807, 2.05) is 22.7 Å². The van der Waals surface area contributed by atoms with Crippen molar-refractivity contribution in [1.29, 1.82) is 0 Å². The molecule has 0 spiro atoms. The van der Waals surface area contributed by atoms with Crippen LogP contribution in [0.5, 0.6) is 0 Å². The zero-order valence-electron chi connectivity index (χ0n) is 15.2. The molecule has 25 heavy (non-hydrogen) atoms. The summed E-state index contributed by atoms with van der Waals surface area (Å²) in [5, 5.41) is 7.48. The Morgan fingerprint density at radius 2 is 2.00 bits per heavy atom. The number of carbonyl (C=O) groups is 1. The maximum atomic E-state index is 12.9. The van der Waals surface area contributed by atoms with Crippen LogP contribution in [0.25, 0.3) is 0 Å². The molecule has 3 heterocycles. The van der Waals surface area contributed by atoms with E-state index in [0.29, 0.717) is 12.5 Å². The average molecular weight is 346 g/mol. The van der Waals surface area contributed by atoms with Crippen molar-refractivity contribution in [2.75, 3.05) is 19.7 Å². The molecular weight excluding hydrogens is 316 g/mol. The molecule has 3 aliphatic rings. The van der Waals surface area contributed by atoms with Gasteiger partial charge >= 0.3 is 6.03 Å². The largest absolute Gasteiger partial charge is 0.370 e. The van der Waals surface area contributed by atoms with Crippen LogP contribution in [0.4, 0.5) is 4.79 Å². The first-order valence-corrected chi connectivity index (χ1v) is 9.87. The van der Waals surface area contributed by atoms with Gasteiger partial charge in [0, 0.05) is 32.9 Å². The first kappa shape index (κ1) is 16.9. The Kier molecular flexibility index (Phi) is 4.97. The van der Waals surface area contributed by atoms with Gasteiger partial charge in [-0.3, -0.25) is 4.68 Å². The maximum Gasteiger partial charge on any atom is 0.317 e. The summed E-state index contributed by atoms with van der Waals surface area (Å²) in [5.41, 5.74) is 1.03. The number of urea groups is 1. The van der Waals surface area contributed by atoms with Gasteiger partial charge < -0.3 is 15.0 Å². The molecule has 1 saturated carbocycles. The molecule has 2 amide bonds. The third-order valence-corrected chi connectivity index (χ3v) is 6.36. The summed E-state index contributed by atoms with van der Waals surface area (Å²) < 4.78 is 7.73. The van der Waals surface area contributed by atoms with Gasteiger partial charge in [0.2, 0.25) is 0 Å². The SMILES string of the molecule is Cn1nccc1[C@H]1OCC[C@@H]1NC(=O)N1CCCC(C2CCCC2)C1. The molecule has 0 radical (unpaired) electrons. The van der Waals surface area contributed by atoms with Gasteiger partial charge in [-0.1, -0.05) is 25.7 Å². The lowest BCUT2D eigenvalue weighted by Crippen LogP contribution is -2.50. The van der Waals surface area contributed by atoms with Gasteiger partial charge in [-0.05, 0) is 37.2 Å². The van der Waals surface area contributed by atoms with Gasteiger partial charge in [-0.25, -0.2) is 4.79 Å². The molecule has 4 rings (SSSR count). The van der Waals surface area contributed by atoms with Gasteiger partial charge in [0.05, 0.1) is 11.7 Å². The molecule has 2 aliphatic heterocycles. The van der Waals surface area contributed by atoms with Crippen LogP contribution in [0.15, 0.2) is 12.3 Å². The first-order chi connectivity index (χ1) is 12.2. The molecule has 138 valence electrons. The smallest absolute Gasteiger partial charge is 0.317 e. The second-order valence-electron chi connectivity index (χ2n) is 7.91. The molecule has 3 fully saturated rings. The van der Waals surface area contributed by atoms with Crippen molar-refractivity contribution in [2.24, 2.45) is 18.9 Å². The summed E-state index contributed by atoms with van der Waals surface area (Å²) in [6.45, 7) is 2.50. The highest BCUT2D eigenvalue weighted by molar-refractivity contribution is 5.74. The van der Waals surface area contributed by atoms with Crippen LogP contribution in [-0.4, -0.2) is 46.4 Å². The molecule has 2 saturated heterocycles. The molecule has 1 aliphatic carbocycles. The summed E-state index contributed by atoms with van der Waals surface area (Å²) in [6, 6.07) is 2.10. The fourth-order valence-electron chi connectivity index (χ4n) is 4.95. The lowest BCUT2D eigenvalue weighted by molar-refractivity contribution is 0.0893. The number of piperidine rings is 1. The van der Waals surface area contributed by atoms with Gasteiger partial charge in [0.25, 0.3) is 0 Å². The molecule has 6 nitrogen and oxygen atoms in total. The summed E-state index contributed by atoms with van der Waals surface area (Å²) >= 11 is 0. The van der Waals surface area contributed by atoms with Crippen molar-refractivity contribution >= 4 is 6.03 Å². The molecule has 1 aromatic rings. The lowest BCUT2D eigenvalue weighted by Gasteiger charge is -2.36. The lowest BCUT2D eigenvalue weighted by atomic mass is 9.84. The number of likely N-dealkylation sites (tertiary alicyclic amines) is 1. The number of rotatable bonds is 3. The maximum absolute atomic E-state index is 12.9. The second kappa shape index (κ2) is 7.36. The van der Waals surface area contributed by atoms with E-state index in [-0.39, 0.29) is 18.2 Å². The van der Waals surface area contributed by atoms with Crippen molar-refractivity contribution in [3.63, 3.8) is 0 Å². The van der Waals surface area contributed by atoms with Crippen LogP contribution in [-0.2, 0) is 11.8 Å². The number of amides is 2. The van der Waals surface area contributed by atoms with Crippen molar-refractivity contribution in [3.05, 3.63) is 18.0 Å². The number of hydrogen-bond acceptors (Lipinski definition) is 3. The van der Waals surface area contributed by atoms with Crippen LogP contribution >= 0.6 is 0 Å². The van der Waals surface area contributed by atoms with Crippen LogP contribution in [0.1, 0.15) is 56.7 Å². The van der Waals surface area contributed by atoms with Crippen molar-refractivity contribution in [1.82, 2.24) is 20.0 Å². The highest BCUT2D eigenvalue weighted by atomic mass is 16.5. The Hall–Kier alpha value is -1.56. The minimum Gasteiger partial charge on any atom is -0.370 e. The second-order valence-corrected chi connectivity index (χ2v) is 7.91. The molecular formula is C19H30N4O2. The molecule has 0 bridgehead atoms. The number of carbonyl (C=O) groups excluding carboxylic acids is 1. The van der Waals surface area contributed by atoms with E-state index in [1.165, 1.54) is 32.1 Å². The highest BCUT2D eigenvalue weighted by Crippen LogP contribution is 2.36. The number of aryl methyl sites for hydroxylation is 1. The Morgan fingerprint density at radius 1 is 1.20 bits per heavy atom. The van der Waals surface area contributed by atoms with Crippen LogP contribution in [0.3, 0.4) is 0 Å².